The summed E-state index contributed by atoms with van der Waals surface area (Å²) < 4.78 is 4.18. The molecule has 0 heterocycles. The van der Waals surface area contributed by atoms with E-state index in [0.29, 0.717) is 0 Å². The Bertz CT molecular complexity index is 255. The predicted octanol–water partition coefficient (Wildman–Crippen LogP) is -3.53. The largest absolute Gasteiger partial charge is 0.430 e. The SMILES string of the molecule is C=CC(=O)OC(O)[C@@H](O)[C@@H](O)[C@H](O)[C@H](O)CO. The van der Waals surface area contributed by atoms with Crippen LogP contribution in [0.15, 0.2) is 12.7 Å². The van der Waals surface area contributed by atoms with Gasteiger partial charge < -0.3 is 35.4 Å². The Balaban J connectivity index is 4.42. The lowest BCUT2D eigenvalue weighted by atomic mass is 10.0. The average molecular weight is 252 g/mol. The Hall–Kier alpha value is -1.03. The van der Waals surface area contributed by atoms with E-state index < -0.39 is 43.3 Å². The van der Waals surface area contributed by atoms with E-state index >= 15 is 0 Å². The monoisotopic (exact) mass is 252 g/mol. The lowest BCUT2D eigenvalue weighted by Gasteiger charge is -2.27. The Morgan fingerprint density at radius 2 is 1.65 bits per heavy atom. The predicted molar refractivity (Wildman–Crippen MR) is 53.4 cm³/mol. The highest BCUT2D eigenvalue weighted by Crippen LogP contribution is 2.09. The third kappa shape index (κ3) is 4.77. The second-order valence-corrected chi connectivity index (χ2v) is 3.25. The summed E-state index contributed by atoms with van der Waals surface area (Å²) in [6, 6.07) is 0. The highest BCUT2D eigenvalue weighted by Gasteiger charge is 2.35. The van der Waals surface area contributed by atoms with Gasteiger partial charge in [-0.05, 0) is 0 Å². The fourth-order valence-corrected chi connectivity index (χ4v) is 0.943. The number of carbonyl (C=O) groups is 1. The van der Waals surface area contributed by atoms with Crippen molar-refractivity contribution in [1.82, 2.24) is 0 Å². The molecule has 0 saturated heterocycles. The summed E-state index contributed by atoms with van der Waals surface area (Å²) in [5.74, 6) is -1.04. The summed E-state index contributed by atoms with van der Waals surface area (Å²) in [5, 5.41) is 54.4. The quantitative estimate of drug-likeness (QED) is 0.155. The molecule has 0 aromatic carbocycles. The Labute approximate surface area is 97.0 Å². The second kappa shape index (κ2) is 7.33. The molecule has 17 heavy (non-hydrogen) atoms. The van der Waals surface area contributed by atoms with Crippen molar-refractivity contribution < 1.29 is 40.2 Å². The van der Waals surface area contributed by atoms with E-state index in [2.05, 4.69) is 11.3 Å². The maximum Gasteiger partial charge on any atom is 0.332 e. The number of aliphatic hydroxyl groups is 6. The van der Waals surface area contributed by atoms with Crippen molar-refractivity contribution in [2.75, 3.05) is 6.61 Å². The minimum absolute atomic E-state index is 0.724. The van der Waals surface area contributed by atoms with Crippen LogP contribution in [0.3, 0.4) is 0 Å². The minimum atomic E-state index is -2.10. The molecule has 0 aliphatic carbocycles. The van der Waals surface area contributed by atoms with Crippen LogP contribution >= 0.6 is 0 Å². The van der Waals surface area contributed by atoms with E-state index in [-0.39, 0.29) is 0 Å². The van der Waals surface area contributed by atoms with Gasteiger partial charge in [0.05, 0.1) is 6.61 Å². The first-order chi connectivity index (χ1) is 7.84. The van der Waals surface area contributed by atoms with Crippen LogP contribution in [-0.4, -0.2) is 73.9 Å². The summed E-state index contributed by atoms with van der Waals surface area (Å²) in [6.45, 7) is 2.19. The molecule has 0 saturated carbocycles. The number of rotatable bonds is 7. The number of ether oxygens (including phenoxy) is 1. The summed E-state index contributed by atoms with van der Waals surface area (Å²) in [6.07, 6.45) is -9.05. The van der Waals surface area contributed by atoms with E-state index in [1.54, 1.807) is 0 Å². The van der Waals surface area contributed by atoms with Gasteiger partial charge in [0.2, 0.25) is 6.29 Å². The van der Waals surface area contributed by atoms with Crippen LogP contribution in [0, 0.1) is 0 Å². The molecule has 1 unspecified atom stereocenters. The zero-order chi connectivity index (χ0) is 13.6. The van der Waals surface area contributed by atoms with Crippen LogP contribution in [0.25, 0.3) is 0 Å². The number of aliphatic hydroxyl groups excluding tert-OH is 6. The molecule has 8 heteroatoms. The molecule has 0 bridgehead atoms. The van der Waals surface area contributed by atoms with Crippen LogP contribution in [0.1, 0.15) is 0 Å². The van der Waals surface area contributed by atoms with Crippen LogP contribution in [0.5, 0.6) is 0 Å². The maximum atomic E-state index is 10.7. The van der Waals surface area contributed by atoms with Crippen molar-refractivity contribution in [3.8, 4) is 0 Å². The standard InChI is InChI=1S/C9H16O8/c1-2-5(12)17-9(16)8(15)7(14)6(13)4(11)3-10/h2,4,6-11,13-16H,1,3H2/t4-,6-,7+,8+,9?/m1/s1. The third-order valence-electron chi connectivity index (χ3n) is 1.98. The van der Waals surface area contributed by atoms with Crippen molar-refractivity contribution in [3.63, 3.8) is 0 Å². The second-order valence-electron chi connectivity index (χ2n) is 3.25. The van der Waals surface area contributed by atoms with Gasteiger partial charge in [-0.15, -0.1) is 0 Å². The van der Waals surface area contributed by atoms with E-state index in [4.69, 9.17) is 15.3 Å². The molecule has 0 fully saturated rings. The van der Waals surface area contributed by atoms with E-state index in [9.17, 15) is 20.1 Å². The normalized spacial score (nSPS) is 19.9. The van der Waals surface area contributed by atoms with Crippen molar-refractivity contribution in [3.05, 3.63) is 12.7 Å². The molecule has 0 rings (SSSR count). The maximum absolute atomic E-state index is 10.7. The summed E-state index contributed by atoms with van der Waals surface area (Å²) >= 11 is 0. The van der Waals surface area contributed by atoms with Gasteiger partial charge in [0.25, 0.3) is 0 Å². The van der Waals surface area contributed by atoms with Gasteiger partial charge in [-0.3, -0.25) is 0 Å². The molecule has 6 N–H and O–H groups in total. The van der Waals surface area contributed by atoms with Crippen LogP contribution < -0.4 is 0 Å². The third-order valence-corrected chi connectivity index (χ3v) is 1.98. The fraction of sp³-hybridized carbons (Fsp3) is 0.667. The van der Waals surface area contributed by atoms with Crippen LogP contribution in [-0.2, 0) is 9.53 Å². The number of esters is 1. The lowest BCUT2D eigenvalue weighted by Crippen LogP contribution is -2.50. The van der Waals surface area contributed by atoms with Crippen molar-refractivity contribution in [2.45, 2.75) is 30.7 Å². The van der Waals surface area contributed by atoms with Crippen molar-refractivity contribution in [1.29, 1.82) is 0 Å². The van der Waals surface area contributed by atoms with E-state index in [0.717, 1.165) is 6.08 Å². The number of hydrogen-bond acceptors (Lipinski definition) is 8. The summed E-state index contributed by atoms with van der Waals surface area (Å²) in [4.78, 5) is 10.7. The van der Waals surface area contributed by atoms with Crippen molar-refractivity contribution >= 4 is 5.97 Å². The smallest absolute Gasteiger partial charge is 0.332 e. The molecule has 8 nitrogen and oxygen atoms in total. The van der Waals surface area contributed by atoms with Gasteiger partial charge in [0.15, 0.2) is 0 Å². The summed E-state index contributed by atoms with van der Waals surface area (Å²) in [7, 11) is 0. The van der Waals surface area contributed by atoms with Gasteiger partial charge in [0, 0.05) is 6.08 Å². The molecule has 100 valence electrons. The highest BCUT2D eigenvalue weighted by molar-refractivity contribution is 5.81. The molecular weight excluding hydrogens is 236 g/mol. The Kier molecular flexibility index (Phi) is 6.88. The molecular formula is C9H16O8. The molecule has 5 atom stereocenters. The van der Waals surface area contributed by atoms with Crippen LogP contribution in [0.2, 0.25) is 0 Å². The molecule has 0 amide bonds. The van der Waals surface area contributed by atoms with Gasteiger partial charge in [-0.2, -0.15) is 0 Å². The van der Waals surface area contributed by atoms with E-state index in [1.807, 2.05) is 0 Å². The first-order valence-corrected chi connectivity index (χ1v) is 4.69. The minimum Gasteiger partial charge on any atom is -0.430 e. The van der Waals surface area contributed by atoms with E-state index in [1.165, 1.54) is 0 Å². The highest BCUT2D eigenvalue weighted by atomic mass is 16.6. The fourth-order valence-electron chi connectivity index (χ4n) is 0.943. The van der Waals surface area contributed by atoms with Gasteiger partial charge in [-0.1, -0.05) is 6.58 Å². The molecule has 0 spiro atoms. The average Bonchev–Trinajstić information content (AvgIpc) is 2.34. The lowest BCUT2D eigenvalue weighted by molar-refractivity contribution is -0.210. The first-order valence-electron chi connectivity index (χ1n) is 4.69. The van der Waals surface area contributed by atoms with Crippen molar-refractivity contribution in [2.24, 2.45) is 0 Å². The Morgan fingerprint density at radius 1 is 1.12 bits per heavy atom. The topological polar surface area (TPSA) is 148 Å². The zero-order valence-electron chi connectivity index (χ0n) is 8.88. The van der Waals surface area contributed by atoms with Gasteiger partial charge in [0.1, 0.15) is 24.4 Å². The van der Waals surface area contributed by atoms with Crippen LogP contribution in [0.4, 0.5) is 0 Å². The zero-order valence-corrected chi connectivity index (χ0v) is 8.88. The summed E-state index contributed by atoms with van der Waals surface area (Å²) in [5.41, 5.74) is 0. The molecule has 0 aromatic heterocycles. The first kappa shape index (κ1) is 16.0. The number of carbonyl (C=O) groups excluding carboxylic acids is 1. The molecule has 0 radical (unpaired) electrons. The van der Waals surface area contributed by atoms with Gasteiger partial charge >= 0.3 is 5.97 Å². The Morgan fingerprint density at radius 3 is 2.06 bits per heavy atom. The molecule has 0 aromatic rings. The van der Waals surface area contributed by atoms with Gasteiger partial charge in [-0.25, -0.2) is 4.79 Å². The molecule has 0 aliphatic rings. The number of hydrogen-bond donors (Lipinski definition) is 6. The molecule has 0 aliphatic heterocycles.